The van der Waals surface area contributed by atoms with Gasteiger partial charge in [-0.05, 0) is 35.6 Å². The lowest BCUT2D eigenvalue weighted by Gasteiger charge is -2.22. The zero-order valence-electron chi connectivity index (χ0n) is 18.2. The highest BCUT2D eigenvalue weighted by Gasteiger charge is 2.61. The SMILES string of the molecule is COCCNc1nc2cc(C(=O)NCC3(c4ccccc4)CC3(C)C)ccc2n1C. The number of anilines is 1. The van der Waals surface area contributed by atoms with E-state index in [1.54, 1.807) is 7.11 Å². The fourth-order valence-corrected chi connectivity index (χ4v) is 4.46. The first-order valence-electron chi connectivity index (χ1n) is 10.4. The molecule has 1 atom stereocenters. The van der Waals surface area contributed by atoms with Crippen molar-refractivity contribution in [3.8, 4) is 0 Å². The lowest BCUT2D eigenvalue weighted by molar-refractivity contribution is 0.0948. The predicted molar refractivity (Wildman–Crippen MR) is 120 cm³/mol. The summed E-state index contributed by atoms with van der Waals surface area (Å²) < 4.78 is 7.07. The van der Waals surface area contributed by atoms with Gasteiger partial charge in [0, 0.05) is 38.2 Å². The summed E-state index contributed by atoms with van der Waals surface area (Å²) >= 11 is 0. The highest BCUT2D eigenvalue weighted by atomic mass is 16.5. The molecule has 1 amide bonds. The number of amides is 1. The van der Waals surface area contributed by atoms with Gasteiger partial charge >= 0.3 is 0 Å². The second-order valence-electron chi connectivity index (χ2n) is 8.81. The molecule has 0 radical (unpaired) electrons. The zero-order chi connectivity index (χ0) is 21.4. The molecule has 1 aliphatic rings. The van der Waals surface area contributed by atoms with Crippen LogP contribution < -0.4 is 10.6 Å². The summed E-state index contributed by atoms with van der Waals surface area (Å²) in [5, 5.41) is 6.44. The van der Waals surface area contributed by atoms with Gasteiger partial charge in [0.2, 0.25) is 5.95 Å². The number of hydrogen-bond donors (Lipinski definition) is 2. The summed E-state index contributed by atoms with van der Waals surface area (Å²) in [6.07, 6.45) is 1.07. The van der Waals surface area contributed by atoms with Crippen LogP contribution in [-0.2, 0) is 17.2 Å². The third-order valence-corrected chi connectivity index (χ3v) is 6.52. The van der Waals surface area contributed by atoms with Crippen LogP contribution >= 0.6 is 0 Å². The number of aryl methyl sites for hydroxylation is 1. The van der Waals surface area contributed by atoms with Gasteiger partial charge in [-0.1, -0.05) is 44.2 Å². The maximum absolute atomic E-state index is 12.9. The molecule has 1 aromatic heterocycles. The highest BCUT2D eigenvalue weighted by molar-refractivity contribution is 5.97. The van der Waals surface area contributed by atoms with E-state index in [2.05, 4.69) is 53.7 Å². The van der Waals surface area contributed by atoms with Crippen molar-refractivity contribution in [1.29, 1.82) is 0 Å². The minimum Gasteiger partial charge on any atom is -0.383 e. The number of aromatic nitrogens is 2. The number of fused-ring (bicyclic) bond motifs is 1. The molecule has 0 aliphatic heterocycles. The van der Waals surface area contributed by atoms with Gasteiger partial charge in [0.05, 0.1) is 17.6 Å². The number of ether oxygens (including phenoxy) is 1. The minimum absolute atomic E-state index is 0.00252. The molecule has 0 saturated heterocycles. The number of nitrogens with one attached hydrogen (secondary N) is 2. The quantitative estimate of drug-likeness (QED) is 0.560. The van der Waals surface area contributed by atoms with E-state index in [1.165, 1.54) is 5.56 Å². The summed E-state index contributed by atoms with van der Waals surface area (Å²) in [6, 6.07) is 16.2. The van der Waals surface area contributed by atoms with Crippen LogP contribution in [-0.4, -0.2) is 42.3 Å². The van der Waals surface area contributed by atoms with Gasteiger partial charge in [-0.2, -0.15) is 0 Å². The molecule has 0 bridgehead atoms. The first-order chi connectivity index (χ1) is 14.4. The number of methoxy groups -OCH3 is 1. The van der Waals surface area contributed by atoms with Gasteiger partial charge in [0.15, 0.2) is 0 Å². The predicted octanol–water partition coefficient (Wildman–Crippen LogP) is 3.73. The van der Waals surface area contributed by atoms with Crippen LogP contribution in [0.1, 0.15) is 36.2 Å². The van der Waals surface area contributed by atoms with Gasteiger partial charge in [0.25, 0.3) is 5.91 Å². The van der Waals surface area contributed by atoms with Crippen molar-refractivity contribution in [2.75, 3.05) is 32.1 Å². The summed E-state index contributed by atoms with van der Waals surface area (Å²) in [5.74, 6) is 0.705. The van der Waals surface area contributed by atoms with E-state index in [9.17, 15) is 4.79 Å². The normalized spacial score (nSPS) is 19.6. The lowest BCUT2D eigenvalue weighted by atomic mass is 9.87. The van der Waals surface area contributed by atoms with Crippen LogP contribution in [0.15, 0.2) is 48.5 Å². The summed E-state index contributed by atoms with van der Waals surface area (Å²) in [7, 11) is 3.63. The standard InChI is InChI=1S/C24H30N4O2/c1-23(2)15-24(23,18-8-6-5-7-9-18)16-26-21(29)17-10-11-20-19(14-17)27-22(28(20)3)25-12-13-30-4/h5-11,14H,12-13,15-16H2,1-4H3,(H,25,27)(H,26,29). The smallest absolute Gasteiger partial charge is 0.251 e. The van der Waals surface area contributed by atoms with Crippen LogP contribution in [0.25, 0.3) is 11.0 Å². The average molecular weight is 407 g/mol. The van der Waals surface area contributed by atoms with Crippen molar-refractivity contribution in [2.45, 2.75) is 25.7 Å². The molecular formula is C24H30N4O2. The van der Waals surface area contributed by atoms with Crippen molar-refractivity contribution in [1.82, 2.24) is 14.9 Å². The fourth-order valence-electron chi connectivity index (χ4n) is 4.46. The molecule has 30 heavy (non-hydrogen) atoms. The van der Waals surface area contributed by atoms with E-state index in [1.807, 2.05) is 35.9 Å². The monoisotopic (exact) mass is 406 g/mol. The topological polar surface area (TPSA) is 68.2 Å². The molecule has 158 valence electrons. The Morgan fingerprint density at radius 3 is 2.60 bits per heavy atom. The summed E-state index contributed by atoms with van der Waals surface area (Å²) in [4.78, 5) is 17.6. The Bertz CT molecular complexity index is 1060. The number of nitrogens with zero attached hydrogens (tertiary/aromatic N) is 2. The number of carbonyl (C=O) groups excluding carboxylic acids is 1. The molecule has 6 heteroatoms. The second kappa shape index (κ2) is 7.76. The molecule has 3 aromatic rings. The second-order valence-corrected chi connectivity index (χ2v) is 8.81. The van der Waals surface area contributed by atoms with Crippen molar-refractivity contribution in [2.24, 2.45) is 12.5 Å². The lowest BCUT2D eigenvalue weighted by Crippen LogP contribution is -2.34. The number of rotatable bonds is 8. The van der Waals surface area contributed by atoms with Crippen molar-refractivity contribution < 1.29 is 9.53 Å². The van der Waals surface area contributed by atoms with Crippen molar-refractivity contribution in [3.63, 3.8) is 0 Å². The maximum Gasteiger partial charge on any atom is 0.251 e. The Morgan fingerprint density at radius 2 is 1.93 bits per heavy atom. The van der Waals surface area contributed by atoms with E-state index in [4.69, 9.17) is 4.74 Å². The van der Waals surface area contributed by atoms with E-state index in [0.717, 1.165) is 23.4 Å². The summed E-state index contributed by atoms with van der Waals surface area (Å²) in [5.41, 5.74) is 3.88. The van der Waals surface area contributed by atoms with Gasteiger partial charge in [0.1, 0.15) is 0 Å². The van der Waals surface area contributed by atoms with Crippen LogP contribution in [0.4, 0.5) is 5.95 Å². The Hall–Kier alpha value is -2.86. The maximum atomic E-state index is 12.9. The van der Waals surface area contributed by atoms with Crippen molar-refractivity contribution in [3.05, 3.63) is 59.7 Å². The Balaban J connectivity index is 1.49. The van der Waals surface area contributed by atoms with Gasteiger partial charge < -0.3 is 19.9 Å². The van der Waals surface area contributed by atoms with E-state index in [-0.39, 0.29) is 16.7 Å². The van der Waals surface area contributed by atoms with E-state index < -0.39 is 0 Å². The molecule has 2 N–H and O–H groups in total. The molecule has 0 spiro atoms. The van der Waals surface area contributed by atoms with Crippen LogP contribution in [0.3, 0.4) is 0 Å². The largest absolute Gasteiger partial charge is 0.383 e. The van der Waals surface area contributed by atoms with Crippen LogP contribution in [0, 0.1) is 5.41 Å². The molecular weight excluding hydrogens is 376 g/mol. The zero-order valence-corrected chi connectivity index (χ0v) is 18.2. The van der Waals surface area contributed by atoms with Gasteiger partial charge in [-0.15, -0.1) is 0 Å². The van der Waals surface area contributed by atoms with E-state index >= 15 is 0 Å². The van der Waals surface area contributed by atoms with Gasteiger partial charge in [-0.25, -0.2) is 4.98 Å². The third kappa shape index (κ3) is 3.56. The molecule has 1 heterocycles. The molecule has 2 aromatic carbocycles. The fraction of sp³-hybridized carbons (Fsp3) is 0.417. The number of carbonyl (C=O) groups is 1. The minimum atomic E-state index is -0.0607. The molecule has 6 nitrogen and oxygen atoms in total. The molecule has 1 fully saturated rings. The number of imidazole rings is 1. The molecule has 1 aliphatic carbocycles. The highest BCUT2D eigenvalue weighted by Crippen LogP contribution is 2.63. The number of benzene rings is 2. The van der Waals surface area contributed by atoms with Crippen molar-refractivity contribution >= 4 is 22.9 Å². The van der Waals surface area contributed by atoms with Gasteiger partial charge in [-0.3, -0.25) is 4.79 Å². The van der Waals surface area contributed by atoms with Crippen LogP contribution in [0.5, 0.6) is 0 Å². The first-order valence-corrected chi connectivity index (χ1v) is 10.4. The number of hydrogen-bond acceptors (Lipinski definition) is 4. The molecule has 1 saturated carbocycles. The molecule has 4 rings (SSSR count). The van der Waals surface area contributed by atoms with Crippen LogP contribution in [0.2, 0.25) is 0 Å². The third-order valence-electron chi connectivity index (χ3n) is 6.52. The first kappa shape index (κ1) is 20.4. The average Bonchev–Trinajstić information content (AvgIpc) is 3.19. The Kier molecular flexibility index (Phi) is 5.28. The summed E-state index contributed by atoms with van der Waals surface area (Å²) in [6.45, 7) is 6.45. The molecule has 1 unspecified atom stereocenters. The Labute approximate surface area is 177 Å². The Morgan fingerprint density at radius 1 is 1.20 bits per heavy atom. The van der Waals surface area contributed by atoms with E-state index in [0.29, 0.717) is 25.3 Å².